The lowest BCUT2D eigenvalue weighted by Crippen LogP contribution is -2.38. The minimum Gasteiger partial charge on any atom is -0.351 e. The summed E-state index contributed by atoms with van der Waals surface area (Å²) in [7, 11) is 0. The highest BCUT2D eigenvalue weighted by Gasteiger charge is 2.09. The molecule has 7 nitrogen and oxygen atoms in total. The molecule has 0 bridgehead atoms. The molecule has 2 aromatic carbocycles. The first-order valence-electron chi connectivity index (χ1n) is 9.35. The molecule has 0 saturated carbocycles. The van der Waals surface area contributed by atoms with Crippen molar-refractivity contribution in [1.82, 2.24) is 15.6 Å². The first kappa shape index (κ1) is 23.3. The molecule has 156 valence electrons. The number of halogens is 1. The SMILES string of the molecule is CC(NC(=NCc1ccc([N+](=O)[O-])cc1)NCc1ccccn1)c1ccccc1.I. The largest absolute Gasteiger partial charge is 0.351 e. The molecular weight excluding hydrogens is 493 g/mol. The van der Waals surface area contributed by atoms with Gasteiger partial charge in [0, 0.05) is 18.3 Å². The van der Waals surface area contributed by atoms with Crippen molar-refractivity contribution in [3.05, 3.63) is 106 Å². The van der Waals surface area contributed by atoms with Gasteiger partial charge in [-0.25, -0.2) is 4.99 Å². The van der Waals surface area contributed by atoms with Gasteiger partial charge >= 0.3 is 0 Å². The van der Waals surface area contributed by atoms with Crippen molar-refractivity contribution >= 4 is 35.6 Å². The Balaban J connectivity index is 0.00000320. The molecule has 1 heterocycles. The van der Waals surface area contributed by atoms with E-state index in [1.807, 2.05) is 36.4 Å². The first-order chi connectivity index (χ1) is 14.1. The highest BCUT2D eigenvalue weighted by molar-refractivity contribution is 14.0. The van der Waals surface area contributed by atoms with E-state index in [2.05, 4.69) is 39.7 Å². The van der Waals surface area contributed by atoms with Crippen LogP contribution in [0.2, 0.25) is 0 Å². The summed E-state index contributed by atoms with van der Waals surface area (Å²) < 4.78 is 0. The maximum absolute atomic E-state index is 10.8. The van der Waals surface area contributed by atoms with E-state index in [1.165, 1.54) is 12.1 Å². The van der Waals surface area contributed by atoms with Gasteiger partial charge in [0.25, 0.3) is 5.69 Å². The van der Waals surface area contributed by atoms with E-state index in [-0.39, 0.29) is 35.7 Å². The minimum absolute atomic E-state index is 0. The maximum atomic E-state index is 10.8. The highest BCUT2D eigenvalue weighted by Crippen LogP contribution is 2.13. The average molecular weight is 517 g/mol. The molecule has 0 spiro atoms. The lowest BCUT2D eigenvalue weighted by atomic mass is 10.1. The molecule has 0 radical (unpaired) electrons. The Kier molecular flexibility index (Phi) is 9.20. The van der Waals surface area contributed by atoms with Crippen molar-refractivity contribution in [2.75, 3.05) is 0 Å². The van der Waals surface area contributed by atoms with Gasteiger partial charge in [0.05, 0.1) is 29.7 Å². The molecule has 1 aromatic heterocycles. The van der Waals surface area contributed by atoms with Crippen LogP contribution in [-0.4, -0.2) is 15.9 Å². The Morgan fingerprint density at radius 2 is 1.77 bits per heavy atom. The lowest BCUT2D eigenvalue weighted by Gasteiger charge is -2.18. The van der Waals surface area contributed by atoms with Crippen molar-refractivity contribution < 1.29 is 4.92 Å². The molecule has 0 aliphatic heterocycles. The molecule has 0 amide bonds. The third kappa shape index (κ3) is 7.11. The average Bonchev–Trinajstić information content (AvgIpc) is 2.77. The monoisotopic (exact) mass is 517 g/mol. The van der Waals surface area contributed by atoms with Crippen LogP contribution in [0, 0.1) is 10.1 Å². The number of nitro groups is 1. The molecule has 3 aromatic rings. The van der Waals surface area contributed by atoms with Gasteiger partial charge < -0.3 is 10.6 Å². The number of hydrogen-bond donors (Lipinski definition) is 2. The summed E-state index contributed by atoms with van der Waals surface area (Å²) >= 11 is 0. The number of nitro benzene ring substituents is 1. The standard InChI is InChI=1S/C22H23N5O2.HI/c1-17(19-7-3-2-4-8-19)26-22(25-16-20-9-5-6-14-23-20)24-15-18-10-12-21(13-11-18)27(28)29;/h2-14,17H,15-16H2,1H3,(H2,24,25,26);1H. The van der Waals surface area contributed by atoms with E-state index >= 15 is 0 Å². The number of benzene rings is 2. The van der Waals surface area contributed by atoms with Crippen LogP contribution in [0.3, 0.4) is 0 Å². The van der Waals surface area contributed by atoms with Crippen molar-refractivity contribution in [2.45, 2.75) is 26.1 Å². The van der Waals surface area contributed by atoms with Gasteiger partial charge in [-0.1, -0.05) is 48.5 Å². The zero-order valence-electron chi connectivity index (χ0n) is 16.6. The first-order valence-corrected chi connectivity index (χ1v) is 9.35. The van der Waals surface area contributed by atoms with E-state index in [4.69, 9.17) is 0 Å². The predicted octanol–water partition coefficient (Wildman–Crippen LogP) is 4.60. The van der Waals surface area contributed by atoms with Gasteiger partial charge in [0.2, 0.25) is 0 Å². The minimum atomic E-state index is -0.407. The van der Waals surface area contributed by atoms with Crippen LogP contribution in [0.4, 0.5) is 5.69 Å². The summed E-state index contributed by atoms with van der Waals surface area (Å²) in [6, 6.07) is 22.4. The zero-order valence-corrected chi connectivity index (χ0v) is 18.9. The number of nitrogens with zero attached hydrogens (tertiary/aromatic N) is 3. The quantitative estimate of drug-likeness (QED) is 0.157. The Morgan fingerprint density at radius 3 is 2.40 bits per heavy atom. The van der Waals surface area contributed by atoms with Crippen molar-refractivity contribution in [3.8, 4) is 0 Å². The maximum Gasteiger partial charge on any atom is 0.269 e. The molecule has 8 heteroatoms. The van der Waals surface area contributed by atoms with E-state index in [9.17, 15) is 10.1 Å². The van der Waals surface area contributed by atoms with Crippen LogP contribution in [-0.2, 0) is 13.1 Å². The summed E-state index contributed by atoms with van der Waals surface area (Å²) in [4.78, 5) is 19.4. The van der Waals surface area contributed by atoms with Crippen molar-refractivity contribution in [3.63, 3.8) is 0 Å². The van der Waals surface area contributed by atoms with Crippen molar-refractivity contribution in [2.24, 2.45) is 4.99 Å². The number of non-ortho nitro benzene ring substituents is 1. The Hall–Kier alpha value is -3.01. The zero-order chi connectivity index (χ0) is 20.5. The number of aromatic nitrogens is 1. The van der Waals surface area contributed by atoms with Gasteiger partial charge in [0.15, 0.2) is 5.96 Å². The predicted molar refractivity (Wildman–Crippen MR) is 129 cm³/mol. The molecule has 2 N–H and O–H groups in total. The van der Waals surface area contributed by atoms with Crippen LogP contribution in [0.15, 0.2) is 84.0 Å². The topological polar surface area (TPSA) is 92.5 Å². The summed E-state index contributed by atoms with van der Waals surface area (Å²) in [5.74, 6) is 0.644. The fourth-order valence-corrected chi connectivity index (χ4v) is 2.75. The molecule has 30 heavy (non-hydrogen) atoms. The van der Waals surface area contributed by atoms with Gasteiger partial charge in [-0.3, -0.25) is 15.1 Å². The highest BCUT2D eigenvalue weighted by atomic mass is 127. The van der Waals surface area contributed by atoms with E-state index < -0.39 is 4.92 Å². The van der Waals surface area contributed by atoms with E-state index in [1.54, 1.807) is 18.3 Å². The van der Waals surface area contributed by atoms with Crippen LogP contribution in [0.25, 0.3) is 0 Å². The number of nitrogens with one attached hydrogen (secondary N) is 2. The molecule has 0 fully saturated rings. The fraction of sp³-hybridized carbons (Fsp3) is 0.182. The van der Waals surface area contributed by atoms with Crippen LogP contribution in [0.5, 0.6) is 0 Å². The van der Waals surface area contributed by atoms with Gasteiger partial charge in [-0.2, -0.15) is 0 Å². The number of guanidine groups is 1. The number of hydrogen-bond acceptors (Lipinski definition) is 4. The lowest BCUT2D eigenvalue weighted by molar-refractivity contribution is -0.384. The summed E-state index contributed by atoms with van der Waals surface area (Å²) in [6.07, 6.45) is 1.75. The molecule has 0 aliphatic rings. The summed E-state index contributed by atoms with van der Waals surface area (Å²) in [6.45, 7) is 3.00. The fourth-order valence-electron chi connectivity index (χ4n) is 2.75. The Morgan fingerprint density at radius 1 is 1.07 bits per heavy atom. The molecular formula is C22H24IN5O2. The number of rotatable bonds is 7. The Bertz CT molecular complexity index is 950. The van der Waals surface area contributed by atoms with E-state index in [0.717, 1.165) is 16.8 Å². The molecule has 3 rings (SSSR count). The Labute approximate surface area is 192 Å². The van der Waals surface area contributed by atoms with Crippen LogP contribution >= 0.6 is 24.0 Å². The molecule has 0 aliphatic carbocycles. The second-order valence-electron chi connectivity index (χ2n) is 6.54. The third-order valence-electron chi connectivity index (χ3n) is 4.38. The smallest absolute Gasteiger partial charge is 0.269 e. The van der Waals surface area contributed by atoms with Crippen molar-refractivity contribution in [1.29, 1.82) is 0 Å². The van der Waals surface area contributed by atoms with Crippen LogP contribution in [0.1, 0.15) is 29.8 Å². The second kappa shape index (κ2) is 11.9. The van der Waals surface area contributed by atoms with E-state index in [0.29, 0.717) is 19.0 Å². The molecule has 1 atom stereocenters. The van der Waals surface area contributed by atoms with Crippen LogP contribution < -0.4 is 10.6 Å². The third-order valence-corrected chi connectivity index (χ3v) is 4.38. The number of pyridine rings is 1. The van der Waals surface area contributed by atoms with Gasteiger partial charge in [0.1, 0.15) is 0 Å². The number of aliphatic imine (C=N–C) groups is 1. The summed E-state index contributed by atoms with van der Waals surface area (Å²) in [5.41, 5.74) is 3.02. The normalized spacial score (nSPS) is 11.8. The van der Waals surface area contributed by atoms with Gasteiger partial charge in [-0.15, -0.1) is 24.0 Å². The van der Waals surface area contributed by atoms with Gasteiger partial charge in [-0.05, 0) is 30.2 Å². The second-order valence-corrected chi connectivity index (χ2v) is 6.54. The summed E-state index contributed by atoms with van der Waals surface area (Å²) in [5, 5.41) is 17.5. The molecule has 1 unspecified atom stereocenters. The molecule has 0 saturated heterocycles.